The second kappa shape index (κ2) is 5.83. The lowest BCUT2D eigenvalue weighted by Crippen LogP contribution is -2.17. The topological polar surface area (TPSA) is 26.0 Å². The van der Waals surface area contributed by atoms with Gasteiger partial charge in [-0.25, -0.2) is 0 Å². The van der Waals surface area contributed by atoms with Crippen molar-refractivity contribution in [3.63, 3.8) is 0 Å². The van der Waals surface area contributed by atoms with Gasteiger partial charge in [0.1, 0.15) is 0 Å². The average molecular weight is 239 g/mol. The molecule has 1 unspecified atom stereocenters. The Balaban J connectivity index is 2.43. The summed E-state index contributed by atoms with van der Waals surface area (Å²) in [5.74, 6) is 0. The Morgan fingerprint density at radius 3 is 2.39 bits per heavy atom. The smallest absolute Gasteiger partial charge is 0.00509 e. The SMILES string of the molecule is CCc1ccc(CC(C)N)cc1-c1ccccc1. The van der Waals surface area contributed by atoms with Crippen molar-refractivity contribution in [1.29, 1.82) is 0 Å². The van der Waals surface area contributed by atoms with E-state index in [4.69, 9.17) is 5.73 Å². The molecule has 0 bridgehead atoms. The van der Waals surface area contributed by atoms with Crippen LogP contribution in [0.2, 0.25) is 0 Å². The molecule has 2 N–H and O–H groups in total. The first-order valence-corrected chi connectivity index (χ1v) is 6.63. The van der Waals surface area contributed by atoms with Crippen molar-refractivity contribution in [3.8, 4) is 11.1 Å². The molecule has 2 rings (SSSR count). The maximum absolute atomic E-state index is 5.88. The Hall–Kier alpha value is -1.60. The summed E-state index contributed by atoms with van der Waals surface area (Å²) in [6, 6.07) is 17.5. The molecule has 1 nitrogen and oxygen atoms in total. The molecular weight excluding hydrogens is 218 g/mol. The number of hydrogen-bond donors (Lipinski definition) is 1. The molecule has 2 aromatic carbocycles. The van der Waals surface area contributed by atoms with Crippen LogP contribution in [0.5, 0.6) is 0 Å². The Labute approximate surface area is 110 Å². The van der Waals surface area contributed by atoms with E-state index in [1.165, 1.54) is 22.3 Å². The molecule has 18 heavy (non-hydrogen) atoms. The van der Waals surface area contributed by atoms with Gasteiger partial charge in [0.15, 0.2) is 0 Å². The van der Waals surface area contributed by atoms with Gasteiger partial charge >= 0.3 is 0 Å². The van der Waals surface area contributed by atoms with Crippen LogP contribution in [0.4, 0.5) is 0 Å². The van der Waals surface area contributed by atoms with Gasteiger partial charge in [0, 0.05) is 6.04 Å². The van der Waals surface area contributed by atoms with Crippen LogP contribution in [0.1, 0.15) is 25.0 Å². The van der Waals surface area contributed by atoms with E-state index >= 15 is 0 Å². The molecule has 0 spiro atoms. The van der Waals surface area contributed by atoms with E-state index in [1.54, 1.807) is 0 Å². The zero-order valence-corrected chi connectivity index (χ0v) is 11.2. The van der Waals surface area contributed by atoms with Gasteiger partial charge in [0.25, 0.3) is 0 Å². The third kappa shape index (κ3) is 2.99. The predicted octanol–water partition coefficient (Wildman–Crippen LogP) is 3.81. The minimum Gasteiger partial charge on any atom is -0.328 e. The second-order valence-corrected chi connectivity index (χ2v) is 4.89. The predicted molar refractivity (Wildman–Crippen MR) is 78.6 cm³/mol. The van der Waals surface area contributed by atoms with E-state index in [0.717, 1.165) is 12.8 Å². The van der Waals surface area contributed by atoms with E-state index in [0.29, 0.717) is 0 Å². The van der Waals surface area contributed by atoms with Crippen LogP contribution in [0.25, 0.3) is 11.1 Å². The Morgan fingerprint density at radius 1 is 1.06 bits per heavy atom. The third-order valence-electron chi connectivity index (χ3n) is 3.20. The van der Waals surface area contributed by atoms with Crippen LogP contribution in [-0.4, -0.2) is 6.04 Å². The van der Waals surface area contributed by atoms with E-state index in [-0.39, 0.29) is 6.04 Å². The van der Waals surface area contributed by atoms with Gasteiger partial charge in [-0.05, 0) is 42.0 Å². The largest absolute Gasteiger partial charge is 0.328 e. The lowest BCUT2D eigenvalue weighted by Gasteiger charge is -2.12. The van der Waals surface area contributed by atoms with Crippen LogP contribution in [0.3, 0.4) is 0 Å². The van der Waals surface area contributed by atoms with Crippen LogP contribution in [0.15, 0.2) is 48.5 Å². The minimum absolute atomic E-state index is 0.209. The van der Waals surface area contributed by atoms with Crippen molar-refractivity contribution in [2.45, 2.75) is 32.7 Å². The first-order valence-electron chi connectivity index (χ1n) is 6.63. The molecule has 1 heteroatoms. The Kier molecular flexibility index (Phi) is 4.16. The van der Waals surface area contributed by atoms with Gasteiger partial charge in [-0.1, -0.05) is 55.5 Å². The highest BCUT2D eigenvalue weighted by Gasteiger charge is 2.06. The van der Waals surface area contributed by atoms with Crippen LogP contribution >= 0.6 is 0 Å². The highest BCUT2D eigenvalue weighted by atomic mass is 14.6. The van der Waals surface area contributed by atoms with Gasteiger partial charge in [0.05, 0.1) is 0 Å². The summed E-state index contributed by atoms with van der Waals surface area (Å²) in [6.07, 6.45) is 1.99. The molecule has 0 aliphatic carbocycles. The van der Waals surface area contributed by atoms with E-state index in [1.807, 2.05) is 0 Å². The number of rotatable bonds is 4. The summed E-state index contributed by atoms with van der Waals surface area (Å²) in [4.78, 5) is 0. The van der Waals surface area contributed by atoms with Crippen LogP contribution in [0, 0.1) is 0 Å². The summed E-state index contributed by atoms with van der Waals surface area (Å²) in [5, 5.41) is 0. The lowest BCUT2D eigenvalue weighted by atomic mass is 9.94. The second-order valence-electron chi connectivity index (χ2n) is 4.89. The molecular formula is C17H21N. The van der Waals surface area contributed by atoms with E-state index in [9.17, 15) is 0 Å². The molecule has 0 radical (unpaired) electrons. The molecule has 1 atom stereocenters. The average Bonchev–Trinajstić information content (AvgIpc) is 2.39. The van der Waals surface area contributed by atoms with Crippen molar-refractivity contribution in [3.05, 3.63) is 59.7 Å². The maximum Gasteiger partial charge on any atom is 0.00509 e. The number of benzene rings is 2. The molecule has 0 aliphatic rings. The summed E-state index contributed by atoms with van der Waals surface area (Å²) in [5.41, 5.74) is 11.2. The van der Waals surface area contributed by atoms with Gasteiger partial charge in [-0.2, -0.15) is 0 Å². The molecule has 0 aromatic heterocycles. The Bertz CT molecular complexity index is 500. The van der Waals surface area contributed by atoms with Gasteiger partial charge in [0.2, 0.25) is 0 Å². The Morgan fingerprint density at radius 2 is 1.78 bits per heavy atom. The number of aryl methyl sites for hydroxylation is 1. The van der Waals surface area contributed by atoms with Crippen molar-refractivity contribution in [2.75, 3.05) is 0 Å². The molecule has 0 saturated heterocycles. The van der Waals surface area contributed by atoms with Crippen molar-refractivity contribution >= 4 is 0 Å². The maximum atomic E-state index is 5.88. The quantitative estimate of drug-likeness (QED) is 0.862. The monoisotopic (exact) mass is 239 g/mol. The fourth-order valence-corrected chi connectivity index (χ4v) is 2.32. The highest BCUT2D eigenvalue weighted by Crippen LogP contribution is 2.25. The molecule has 0 amide bonds. The standard InChI is InChI=1S/C17H21N/c1-3-15-10-9-14(11-13(2)18)12-17(15)16-7-5-4-6-8-16/h4-10,12-13H,3,11,18H2,1-2H3. The summed E-state index contributed by atoms with van der Waals surface area (Å²) < 4.78 is 0. The third-order valence-corrected chi connectivity index (χ3v) is 3.20. The van der Waals surface area contributed by atoms with Gasteiger partial charge < -0.3 is 5.73 Å². The molecule has 2 aromatic rings. The highest BCUT2D eigenvalue weighted by molar-refractivity contribution is 5.68. The van der Waals surface area contributed by atoms with Gasteiger partial charge in [-0.3, -0.25) is 0 Å². The zero-order chi connectivity index (χ0) is 13.0. The van der Waals surface area contributed by atoms with Crippen LogP contribution in [-0.2, 0) is 12.8 Å². The zero-order valence-electron chi connectivity index (χ0n) is 11.2. The molecule has 0 heterocycles. The van der Waals surface area contributed by atoms with E-state index in [2.05, 4.69) is 62.4 Å². The number of nitrogens with two attached hydrogens (primary N) is 1. The molecule has 0 fully saturated rings. The first-order chi connectivity index (χ1) is 8.70. The molecule has 0 saturated carbocycles. The summed E-state index contributed by atoms with van der Waals surface area (Å²) >= 11 is 0. The van der Waals surface area contributed by atoms with Crippen molar-refractivity contribution in [1.82, 2.24) is 0 Å². The minimum atomic E-state index is 0.209. The normalized spacial score (nSPS) is 12.4. The van der Waals surface area contributed by atoms with Gasteiger partial charge in [-0.15, -0.1) is 0 Å². The fraction of sp³-hybridized carbons (Fsp3) is 0.294. The fourth-order valence-electron chi connectivity index (χ4n) is 2.32. The lowest BCUT2D eigenvalue weighted by molar-refractivity contribution is 0.738. The number of hydrogen-bond acceptors (Lipinski definition) is 1. The first kappa shape index (κ1) is 12.8. The summed E-state index contributed by atoms with van der Waals surface area (Å²) in [6.45, 7) is 4.25. The van der Waals surface area contributed by atoms with Crippen molar-refractivity contribution in [2.24, 2.45) is 5.73 Å². The van der Waals surface area contributed by atoms with Crippen molar-refractivity contribution < 1.29 is 0 Å². The van der Waals surface area contributed by atoms with E-state index < -0.39 is 0 Å². The molecule has 94 valence electrons. The summed E-state index contributed by atoms with van der Waals surface area (Å²) in [7, 11) is 0. The van der Waals surface area contributed by atoms with Crippen LogP contribution < -0.4 is 5.73 Å². The molecule has 0 aliphatic heterocycles.